The lowest BCUT2D eigenvalue weighted by Crippen LogP contribution is -2.61. The number of nitrogens with zero attached hydrogens (tertiary/aromatic N) is 3. The van der Waals surface area contributed by atoms with Gasteiger partial charge < -0.3 is 15.2 Å². The Bertz CT molecular complexity index is 597. The van der Waals surface area contributed by atoms with Gasteiger partial charge in [-0.1, -0.05) is 19.3 Å². The number of morpholine rings is 1. The summed E-state index contributed by atoms with van der Waals surface area (Å²) < 4.78 is 5.89. The molecule has 1 aliphatic carbocycles. The second-order valence-electron chi connectivity index (χ2n) is 7.76. The van der Waals surface area contributed by atoms with Gasteiger partial charge in [-0.25, -0.2) is 14.8 Å². The van der Waals surface area contributed by atoms with Crippen LogP contribution in [0.4, 0.5) is 5.82 Å². The molecule has 0 radical (unpaired) electrons. The Morgan fingerprint density at radius 3 is 2.64 bits per heavy atom. The molecule has 2 fully saturated rings. The molecule has 7 nitrogen and oxygen atoms in total. The van der Waals surface area contributed by atoms with Gasteiger partial charge in [0.2, 0.25) is 0 Å². The summed E-state index contributed by atoms with van der Waals surface area (Å²) in [6, 6.07) is 0. The number of hydrogen-bond donors (Lipinski definition) is 2. The van der Waals surface area contributed by atoms with E-state index in [2.05, 4.69) is 34.0 Å². The minimum absolute atomic E-state index is 0.0344. The minimum atomic E-state index is -1.06. The second-order valence-corrected chi connectivity index (χ2v) is 7.76. The maximum atomic E-state index is 10.9. The summed E-state index contributed by atoms with van der Waals surface area (Å²) >= 11 is 0. The molecule has 0 spiro atoms. The third-order valence-electron chi connectivity index (χ3n) is 5.35. The highest BCUT2D eigenvalue weighted by atomic mass is 16.5. The molecule has 0 bridgehead atoms. The van der Waals surface area contributed by atoms with Gasteiger partial charge in [0.05, 0.1) is 24.6 Å². The Labute approximate surface area is 148 Å². The SMILES string of the molecule is CC1(C)CN(C2(CNc3cnc(C(=O)O)cn3)CCCCC2)CCO1. The van der Waals surface area contributed by atoms with E-state index in [-0.39, 0.29) is 16.8 Å². The number of anilines is 1. The van der Waals surface area contributed by atoms with Crippen LogP contribution < -0.4 is 5.32 Å². The molecule has 2 N–H and O–H groups in total. The molecule has 138 valence electrons. The Morgan fingerprint density at radius 1 is 1.28 bits per heavy atom. The predicted octanol–water partition coefficient (Wildman–Crippen LogP) is 2.40. The van der Waals surface area contributed by atoms with Crippen LogP contribution in [0.25, 0.3) is 0 Å². The van der Waals surface area contributed by atoms with Crippen LogP contribution in [0.5, 0.6) is 0 Å². The Morgan fingerprint density at radius 2 is 2.04 bits per heavy atom. The monoisotopic (exact) mass is 348 g/mol. The van der Waals surface area contributed by atoms with Crippen molar-refractivity contribution in [2.24, 2.45) is 0 Å². The van der Waals surface area contributed by atoms with Gasteiger partial charge in [0.1, 0.15) is 5.82 Å². The molecule has 2 aliphatic rings. The third-order valence-corrected chi connectivity index (χ3v) is 5.35. The maximum Gasteiger partial charge on any atom is 0.356 e. The topological polar surface area (TPSA) is 87.6 Å². The Hall–Kier alpha value is -1.73. The van der Waals surface area contributed by atoms with Crippen LogP contribution in [0, 0.1) is 0 Å². The van der Waals surface area contributed by atoms with E-state index < -0.39 is 5.97 Å². The van der Waals surface area contributed by atoms with Gasteiger partial charge in [-0.2, -0.15) is 0 Å². The molecule has 7 heteroatoms. The molecule has 1 saturated carbocycles. The molecule has 0 unspecified atom stereocenters. The first-order valence-electron chi connectivity index (χ1n) is 9.09. The van der Waals surface area contributed by atoms with Crippen molar-refractivity contribution < 1.29 is 14.6 Å². The number of carbonyl (C=O) groups is 1. The minimum Gasteiger partial charge on any atom is -0.476 e. The van der Waals surface area contributed by atoms with Gasteiger partial charge >= 0.3 is 5.97 Å². The standard InChI is InChI=1S/C18H28N4O3/c1-17(2)13-22(8-9-25-17)18(6-4-3-5-7-18)12-21-15-11-19-14(10-20-15)16(23)24/h10-11H,3-9,12-13H2,1-2H3,(H,20,21)(H,23,24). The van der Waals surface area contributed by atoms with E-state index in [1.165, 1.54) is 31.7 Å². The molecule has 3 rings (SSSR count). The molecule has 0 amide bonds. The Balaban J connectivity index is 1.71. The fourth-order valence-electron chi connectivity index (χ4n) is 4.02. The predicted molar refractivity (Wildman–Crippen MR) is 94.9 cm³/mol. The summed E-state index contributed by atoms with van der Waals surface area (Å²) in [7, 11) is 0. The molecule has 1 aromatic rings. The van der Waals surface area contributed by atoms with E-state index in [4.69, 9.17) is 9.84 Å². The quantitative estimate of drug-likeness (QED) is 0.845. The molecule has 2 heterocycles. The number of ether oxygens (including phenoxy) is 1. The van der Waals surface area contributed by atoms with Crippen LogP contribution in [-0.2, 0) is 4.74 Å². The van der Waals surface area contributed by atoms with Gasteiger partial charge in [0.15, 0.2) is 5.69 Å². The lowest BCUT2D eigenvalue weighted by molar-refractivity contribution is -0.120. The van der Waals surface area contributed by atoms with E-state index in [1.54, 1.807) is 0 Å². The zero-order valence-corrected chi connectivity index (χ0v) is 15.1. The van der Waals surface area contributed by atoms with Crippen molar-refractivity contribution in [3.05, 3.63) is 18.1 Å². The first-order chi connectivity index (χ1) is 11.9. The van der Waals surface area contributed by atoms with Crippen molar-refractivity contribution in [1.29, 1.82) is 0 Å². The summed E-state index contributed by atoms with van der Waals surface area (Å²) in [6.45, 7) is 7.75. The van der Waals surface area contributed by atoms with Crippen molar-refractivity contribution in [3.8, 4) is 0 Å². The molecule has 25 heavy (non-hydrogen) atoms. The molecule has 1 aliphatic heterocycles. The van der Waals surface area contributed by atoms with Crippen molar-refractivity contribution >= 4 is 11.8 Å². The van der Waals surface area contributed by atoms with Crippen LogP contribution in [0.3, 0.4) is 0 Å². The molecule has 1 saturated heterocycles. The highest BCUT2D eigenvalue weighted by molar-refractivity contribution is 5.84. The van der Waals surface area contributed by atoms with Gasteiger partial charge in [-0.05, 0) is 26.7 Å². The van der Waals surface area contributed by atoms with Gasteiger partial charge in [0, 0.05) is 25.2 Å². The first kappa shape index (κ1) is 18.1. The average molecular weight is 348 g/mol. The summed E-state index contributed by atoms with van der Waals surface area (Å²) in [4.78, 5) is 21.6. The number of carboxylic acid groups (broad SMARTS) is 1. The smallest absolute Gasteiger partial charge is 0.356 e. The fourth-order valence-corrected chi connectivity index (χ4v) is 4.02. The van der Waals surface area contributed by atoms with Crippen molar-refractivity contribution in [3.63, 3.8) is 0 Å². The van der Waals surface area contributed by atoms with Crippen molar-refractivity contribution in [2.45, 2.75) is 57.1 Å². The molecular formula is C18H28N4O3. The van der Waals surface area contributed by atoms with Crippen LogP contribution in [0.1, 0.15) is 56.4 Å². The normalized spacial score (nSPS) is 23.1. The average Bonchev–Trinajstić information content (AvgIpc) is 2.60. The highest BCUT2D eigenvalue weighted by Gasteiger charge is 2.42. The number of aromatic carboxylic acids is 1. The van der Waals surface area contributed by atoms with Crippen LogP contribution in [-0.4, -0.2) is 63.3 Å². The summed E-state index contributed by atoms with van der Waals surface area (Å²) in [5.74, 6) is -0.430. The van der Waals surface area contributed by atoms with Crippen LogP contribution >= 0.6 is 0 Å². The van der Waals surface area contributed by atoms with Gasteiger partial charge in [-0.3, -0.25) is 4.90 Å². The second kappa shape index (κ2) is 7.25. The van der Waals surface area contributed by atoms with E-state index in [9.17, 15) is 4.79 Å². The Kier molecular flexibility index (Phi) is 5.24. The summed E-state index contributed by atoms with van der Waals surface area (Å²) in [5, 5.41) is 12.3. The van der Waals surface area contributed by atoms with Gasteiger partial charge in [0.25, 0.3) is 0 Å². The fraction of sp³-hybridized carbons (Fsp3) is 0.722. The largest absolute Gasteiger partial charge is 0.476 e. The number of nitrogens with one attached hydrogen (secondary N) is 1. The van der Waals surface area contributed by atoms with E-state index in [1.807, 2.05) is 0 Å². The molecule has 1 aromatic heterocycles. The highest BCUT2D eigenvalue weighted by Crippen LogP contribution is 2.36. The molecular weight excluding hydrogens is 320 g/mol. The van der Waals surface area contributed by atoms with Crippen molar-refractivity contribution in [2.75, 3.05) is 31.6 Å². The summed E-state index contributed by atoms with van der Waals surface area (Å²) in [5.41, 5.74) is -0.0502. The maximum absolute atomic E-state index is 10.9. The summed E-state index contributed by atoms with van der Waals surface area (Å²) in [6.07, 6.45) is 8.90. The number of aromatic nitrogens is 2. The zero-order valence-electron chi connectivity index (χ0n) is 15.1. The van der Waals surface area contributed by atoms with E-state index >= 15 is 0 Å². The van der Waals surface area contributed by atoms with Crippen molar-refractivity contribution in [1.82, 2.24) is 14.9 Å². The zero-order chi connectivity index (χ0) is 17.9. The van der Waals surface area contributed by atoms with Crippen LogP contribution in [0.15, 0.2) is 12.4 Å². The van der Waals surface area contributed by atoms with E-state index in [0.29, 0.717) is 5.82 Å². The number of rotatable bonds is 5. The van der Waals surface area contributed by atoms with Gasteiger partial charge in [-0.15, -0.1) is 0 Å². The lowest BCUT2D eigenvalue weighted by Gasteiger charge is -2.51. The first-order valence-corrected chi connectivity index (χ1v) is 9.09. The number of hydrogen-bond acceptors (Lipinski definition) is 6. The third kappa shape index (κ3) is 4.27. The number of carboxylic acids is 1. The molecule has 0 atom stereocenters. The lowest BCUT2D eigenvalue weighted by atomic mass is 9.79. The van der Waals surface area contributed by atoms with E-state index in [0.717, 1.165) is 39.1 Å². The molecule has 0 aromatic carbocycles. The van der Waals surface area contributed by atoms with Crippen LogP contribution in [0.2, 0.25) is 0 Å².